The third kappa shape index (κ3) is 3.90. The number of fused-ring (bicyclic) bond motifs is 1. The summed E-state index contributed by atoms with van der Waals surface area (Å²) < 4.78 is 1.59. The van der Waals surface area contributed by atoms with Crippen molar-refractivity contribution in [2.24, 2.45) is 0 Å². The molecule has 1 atom stereocenters. The molecule has 0 aliphatic heterocycles. The fourth-order valence-corrected chi connectivity index (χ4v) is 3.39. The van der Waals surface area contributed by atoms with Crippen molar-refractivity contribution in [3.63, 3.8) is 0 Å². The lowest BCUT2D eigenvalue weighted by atomic mass is 10.1. The Morgan fingerprint density at radius 2 is 1.86 bits per heavy atom. The van der Waals surface area contributed by atoms with Crippen LogP contribution >= 0.6 is 11.6 Å². The van der Waals surface area contributed by atoms with Gasteiger partial charge in [-0.2, -0.15) is 0 Å². The molecule has 0 saturated carbocycles. The van der Waals surface area contributed by atoms with Crippen LogP contribution in [-0.4, -0.2) is 27.5 Å². The molecule has 28 heavy (non-hydrogen) atoms. The van der Waals surface area contributed by atoms with E-state index in [4.69, 9.17) is 11.6 Å². The van der Waals surface area contributed by atoms with Crippen LogP contribution in [0.1, 0.15) is 41.9 Å². The van der Waals surface area contributed by atoms with E-state index in [1.165, 1.54) is 6.07 Å². The van der Waals surface area contributed by atoms with Gasteiger partial charge < -0.3 is 10.4 Å². The fraction of sp³-hybridized carbons (Fsp3) is 0.273. The minimum Gasteiger partial charge on any atom is -0.508 e. The third-order valence-electron chi connectivity index (χ3n) is 4.97. The number of nitrogens with zero attached hydrogens (tertiary/aromatic N) is 1. The first kappa shape index (κ1) is 20.0. The minimum atomic E-state index is -0.210. The molecule has 146 valence electrons. The summed E-state index contributed by atoms with van der Waals surface area (Å²) in [4.78, 5) is 25.6. The normalized spacial score (nSPS) is 12.1. The summed E-state index contributed by atoms with van der Waals surface area (Å²) in [6, 6.07) is 11.6. The Labute approximate surface area is 168 Å². The molecular formula is C22H23ClN2O3. The van der Waals surface area contributed by atoms with Crippen molar-refractivity contribution in [1.29, 1.82) is 0 Å². The minimum absolute atomic E-state index is 0.0743. The molecule has 3 aromatic rings. The number of rotatable bonds is 5. The van der Waals surface area contributed by atoms with Crippen LogP contribution in [0, 0.1) is 6.92 Å². The molecular weight excluding hydrogens is 376 g/mol. The molecule has 2 aromatic carbocycles. The molecule has 0 spiro atoms. The summed E-state index contributed by atoms with van der Waals surface area (Å²) >= 11 is 5.93. The molecule has 1 aromatic heterocycles. The molecule has 1 heterocycles. The van der Waals surface area contributed by atoms with Crippen LogP contribution in [-0.2, 0) is 11.2 Å². The lowest BCUT2D eigenvalue weighted by Gasteiger charge is -2.12. The van der Waals surface area contributed by atoms with Gasteiger partial charge in [-0.25, -0.2) is 0 Å². The second kappa shape index (κ2) is 8.07. The van der Waals surface area contributed by atoms with Gasteiger partial charge >= 0.3 is 0 Å². The van der Waals surface area contributed by atoms with Gasteiger partial charge in [0.15, 0.2) is 0 Å². The van der Waals surface area contributed by atoms with E-state index in [1.807, 2.05) is 20.8 Å². The van der Waals surface area contributed by atoms with E-state index in [-0.39, 0.29) is 30.0 Å². The van der Waals surface area contributed by atoms with E-state index in [9.17, 15) is 14.7 Å². The average molecular weight is 399 g/mol. The quantitative estimate of drug-likeness (QED) is 0.666. The van der Waals surface area contributed by atoms with Gasteiger partial charge in [-0.15, -0.1) is 0 Å². The maximum Gasteiger partial charge on any atom is 0.262 e. The highest BCUT2D eigenvalue weighted by Crippen LogP contribution is 2.30. The predicted octanol–water partition coefficient (Wildman–Crippen LogP) is 4.45. The number of phenols is 1. The third-order valence-corrected chi connectivity index (χ3v) is 5.22. The summed E-state index contributed by atoms with van der Waals surface area (Å²) in [5, 5.41) is 14.1. The number of carbonyl (C=O) groups is 2. The van der Waals surface area contributed by atoms with Crippen LogP contribution in [0.15, 0.2) is 42.5 Å². The highest BCUT2D eigenvalue weighted by atomic mass is 35.5. The van der Waals surface area contributed by atoms with E-state index in [0.29, 0.717) is 27.2 Å². The molecule has 5 nitrogen and oxygen atoms in total. The summed E-state index contributed by atoms with van der Waals surface area (Å²) in [6.07, 6.45) is 0.972. The standard InChI is InChI=1S/C22H23ClN2O3/c1-4-13(2)24-21(27)12-18-14(3)25(20-10-9-17(26)11-19(18)20)22(28)15-5-7-16(23)8-6-15/h5-11,13,26H,4,12H2,1-3H3,(H,24,27)/t13-/m1/s1. The van der Waals surface area contributed by atoms with E-state index < -0.39 is 0 Å². The van der Waals surface area contributed by atoms with Gasteiger partial charge in [0.05, 0.1) is 11.9 Å². The molecule has 2 N–H and O–H groups in total. The zero-order valence-corrected chi connectivity index (χ0v) is 16.9. The van der Waals surface area contributed by atoms with Crippen LogP contribution in [0.4, 0.5) is 0 Å². The van der Waals surface area contributed by atoms with Crippen molar-refractivity contribution in [1.82, 2.24) is 9.88 Å². The Morgan fingerprint density at radius 1 is 1.18 bits per heavy atom. The Morgan fingerprint density at radius 3 is 2.50 bits per heavy atom. The Kier molecular flexibility index (Phi) is 5.75. The number of benzene rings is 2. The van der Waals surface area contributed by atoms with Crippen LogP contribution in [0.5, 0.6) is 5.75 Å². The number of nitrogens with one attached hydrogen (secondary N) is 1. The number of carbonyl (C=O) groups excluding carboxylic acids is 2. The van der Waals surface area contributed by atoms with Crippen LogP contribution in [0.3, 0.4) is 0 Å². The van der Waals surface area contributed by atoms with Gasteiger partial charge in [0.1, 0.15) is 5.75 Å². The molecule has 0 aliphatic rings. The second-order valence-corrected chi connectivity index (χ2v) is 7.40. The van der Waals surface area contributed by atoms with Crippen LogP contribution in [0.25, 0.3) is 10.9 Å². The van der Waals surface area contributed by atoms with Crippen molar-refractivity contribution in [3.8, 4) is 5.75 Å². The molecule has 6 heteroatoms. The lowest BCUT2D eigenvalue weighted by Crippen LogP contribution is -2.33. The van der Waals surface area contributed by atoms with Gasteiger partial charge in [0.25, 0.3) is 5.91 Å². The van der Waals surface area contributed by atoms with Crippen molar-refractivity contribution in [2.45, 2.75) is 39.7 Å². The maximum absolute atomic E-state index is 13.2. The topological polar surface area (TPSA) is 71.3 Å². The molecule has 0 bridgehead atoms. The molecule has 0 aliphatic carbocycles. The number of phenolic OH excluding ortho intramolecular Hbond substituents is 1. The van der Waals surface area contributed by atoms with Gasteiger partial charge in [-0.3, -0.25) is 14.2 Å². The number of hydrogen-bond acceptors (Lipinski definition) is 3. The van der Waals surface area contributed by atoms with Gasteiger partial charge in [-0.05, 0) is 68.3 Å². The first-order valence-corrected chi connectivity index (χ1v) is 9.62. The van der Waals surface area contributed by atoms with Gasteiger partial charge in [0.2, 0.25) is 5.91 Å². The van der Waals surface area contributed by atoms with Crippen molar-refractivity contribution in [3.05, 3.63) is 64.3 Å². The first-order valence-electron chi connectivity index (χ1n) is 9.24. The lowest BCUT2D eigenvalue weighted by molar-refractivity contribution is -0.121. The summed E-state index contributed by atoms with van der Waals surface area (Å²) in [6.45, 7) is 5.77. The number of amides is 1. The first-order chi connectivity index (χ1) is 13.3. The van der Waals surface area contributed by atoms with E-state index >= 15 is 0 Å². The molecule has 0 fully saturated rings. The van der Waals surface area contributed by atoms with Crippen LogP contribution in [0.2, 0.25) is 5.02 Å². The van der Waals surface area contributed by atoms with Gasteiger partial charge in [-0.1, -0.05) is 18.5 Å². The zero-order chi connectivity index (χ0) is 20.4. The Balaban J connectivity index is 2.08. The SMILES string of the molecule is CC[C@@H](C)NC(=O)Cc1c(C)n(C(=O)c2ccc(Cl)cc2)c2ccc(O)cc12. The number of aromatic nitrogens is 1. The summed E-state index contributed by atoms with van der Waals surface area (Å²) in [7, 11) is 0. The van der Waals surface area contributed by atoms with E-state index in [1.54, 1.807) is 41.0 Å². The monoisotopic (exact) mass is 398 g/mol. The molecule has 0 radical (unpaired) electrons. The smallest absolute Gasteiger partial charge is 0.262 e. The highest BCUT2D eigenvalue weighted by molar-refractivity contribution is 6.30. The number of halogens is 1. The maximum atomic E-state index is 13.2. The molecule has 0 saturated heterocycles. The van der Waals surface area contributed by atoms with E-state index in [2.05, 4.69) is 5.32 Å². The largest absolute Gasteiger partial charge is 0.508 e. The van der Waals surface area contributed by atoms with Crippen molar-refractivity contribution >= 4 is 34.3 Å². The molecule has 0 unspecified atom stereocenters. The fourth-order valence-electron chi connectivity index (χ4n) is 3.27. The number of aromatic hydroxyl groups is 1. The van der Waals surface area contributed by atoms with E-state index in [0.717, 1.165) is 12.0 Å². The molecule has 3 rings (SSSR count). The van der Waals surface area contributed by atoms with Gasteiger partial charge in [0, 0.05) is 27.7 Å². The average Bonchev–Trinajstić information content (AvgIpc) is 2.93. The predicted molar refractivity (Wildman–Crippen MR) is 111 cm³/mol. The Hall–Kier alpha value is -2.79. The summed E-state index contributed by atoms with van der Waals surface area (Å²) in [5.41, 5.74) is 2.56. The van der Waals surface area contributed by atoms with Crippen molar-refractivity contribution < 1.29 is 14.7 Å². The Bertz CT molecular complexity index is 1040. The van der Waals surface area contributed by atoms with Crippen LogP contribution < -0.4 is 5.32 Å². The highest BCUT2D eigenvalue weighted by Gasteiger charge is 2.22. The second-order valence-electron chi connectivity index (χ2n) is 6.97. The molecule has 1 amide bonds. The zero-order valence-electron chi connectivity index (χ0n) is 16.1. The summed E-state index contributed by atoms with van der Waals surface area (Å²) in [5.74, 6) is -0.232. The number of hydrogen-bond donors (Lipinski definition) is 2. The van der Waals surface area contributed by atoms with Crippen molar-refractivity contribution in [2.75, 3.05) is 0 Å².